The summed E-state index contributed by atoms with van der Waals surface area (Å²) in [7, 11) is 0. The molecule has 0 aliphatic carbocycles. The SMILES string of the molecule is C=CCC(C)Nc1cc(C(C)C)ncn1. The molecule has 1 rings (SSSR count). The van der Waals surface area contributed by atoms with Gasteiger partial charge in [0.15, 0.2) is 0 Å². The van der Waals surface area contributed by atoms with Crippen LogP contribution in [-0.2, 0) is 0 Å². The maximum atomic E-state index is 4.22. The van der Waals surface area contributed by atoms with Gasteiger partial charge in [0.25, 0.3) is 0 Å². The topological polar surface area (TPSA) is 37.8 Å². The van der Waals surface area contributed by atoms with E-state index in [1.165, 1.54) is 0 Å². The van der Waals surface area contributed by atoms with Crippen molar-refractivity contribution in [2.75, 3.05) is 5.32 Å². The van der Waals surface area contributed by atoms with Crippen molar-refractivity contribution in [3.8, 4) is 0 Å². The Labute approximate surface area is 91.7 Å². The largest absolute Gasteiger partial charge is 0.367 e. The fourth-order valence-corrected chi connectivity index (χ4v) is 1.33. The molecule has 0 fully saturated rings. The van der Waals surface area contributed by atoms with Gasteiger partial charge in [-0.05, 0) is 19.3 Å². The van der Waals surface area contributed by atoms with Crippen molar-refractivity contribution in [2.45, 2.75) is 39.2 Å². The zero-order valence-electron chi connectivity index (χ0n) is 9.70. The van der Waals surface area contributed by atoms with Crippen LogP contribution >= 0.6 is 0 Å². The second-order valence-corrected chi connectivity index (χ2v) is 4.05. The highest BCUT2D eigenvalue weighted by Gasteiger charge is 2.04. The Hall–Kier alpha value is -1.38. The van der Waals surface area contributed by atoms with Crippen LogP contribution in [0.3, 0.4) is 0 Å². The maximum absolute atomic E-state index is 4.22. The summed E-state index contributed by atoms with van der Waals surface area (Å²) in [5.74, 6) is 1.33. The molecule has 0 saturated heterocycles. The predicted molar refractivity (Wildman–Crippen MR) is 64.0 cm³/mol. The summed E-state index contributed by atoms with van der Waals surface area (Å²) >= 11 is 0. The number of anilines is 1. The van der Waals surface area contributed by atoms with Crippen molar-refractivity contribution >= 4 is 5.82 Å². The Morgan fingerprint density at radius 3 is 2.73 bits per heavy atom. The molecule has 0 aliphatic rings. The molecule has 1 aromatic heterocycles. The van der Waals surface area contributed by atoms with Crippen LogP contribution in [0, 0.1) is 0 Å². The van der Waals surface area contributed by atoms with E-state index in [1.807, 2.05) is 12.1 Å². The second-order valence-electron chi connectivity index (χ2n) is 4.05. The summed E-state index contributed by atoms with van der Waals surface area (Å²) in [6.45, 7) is 10.1. The molecule has 0 bridgehead atoms. The Morgan fingerprint density at radius 2 is 2.13 bits per heavy atom. The highest BCUT2D eigenvalue weighted by Crippen LogP contribution is 2.14. The van der Waals surface area contributed by atoms with E-state index < -0.39 is 0 Å². The molecule has 3 nitrogen and oxygen atoms in total. The molecule has 15 heavy (non-hydrogen) atoms. The molecule has 1 atom stereocenters. The van der Waals surface area contributed by atoms with E-state index in [9.17, 15) is 0 Å². The van der Waals surface area contributed by atoms with Gasteiger partial charge < -0.3 is 5.32 Å². The van der Waals surface area contributed by atoms with Gasteiger partial charge in [0.2, 0.25) is 0 Å². The van der Waals surface area contributed by atoms with Gasteiger partial charge in [0.1, 0.15) is 12.1 Å². The third-order valence-electron chi connectivity index (χ3n) is 2.19. The number of hydrogen-bond acceptors (Lipinski definition) is 3. The first-order chi connectivity index (χ1) is 7.13. The first-order valence-electron chi connectivity index (χ1n) is 5.33. The van der Waals surface area contributed by atoms with Crippen LogP contribution in [-0.4, -0.2) is 16.0 Å². The second kappa shape index (κ2) is 5.49. The van der Waals surface area contributed by atoms with Crippen molar-refractivity contribution in [1.82, 2.24) is 9.97 Å². The van der Waals surface area contributed by atoms with Crippen molar-refractivity contribution in [3.63, 3.8) is 0 Å². The van der Waals surface area contributed by atoms with Crippen LogP contribution in [0.15, 0.2) is 25.0 Å². The molecule has 0 aromatic carbocycles. The minimum Gasteiger partial charge on any atom is -0.367 e. The van der Waals surface area contributed by atoms with E-state index in [1.54, 1.807) is 6.33 Å². The summed E-state index contributed by atoms with van der Waals surface area (Å²) in [6, 6.07) is 2.36. The van der Waals surface area contributed by atoms with Crippen LogP contribution in [0.1, 0.15) is 38.8 Å². The van der Waals surface area contributed by atoms with Crippen molar-refractivity contribution in [2.24, 2.45) is 0 Å². The van der Waals surface area contributed by atoms with Crippen LogP contribution in [0.5, 0.6) is 0 Å². The van der Waals surface area contributed by atoms with Crippen LogP contribution in [0.25, 0.3) is 0 Å². The lowest BCUT2D eigenvalue weighted by Crippen LogP contribution is -2.15. The first-order valence-corrected chi connectivity index (χ1v) is 5.33. The van der Waals surface area contributed by atoms with E-state index in [2.05, 4.69) is 42.6 Å². The average Bonchev–Trinajstić information content (AvgIpc) is 2.18. The lowest BCUT2D eigenvalue weighted by atomic mass is 10.1. The molecule has 0 saturated carbocycles. The van der Waals surface area contributed by atoms with Gasteiger partial charge in [-0.1, -0.05) is 19.9 Å². The third-order valence-corrected chi connectivity index (χ3v) is 2.19. The number of rotatable bonds is 5. The molecular weight excluding hydrogens is 186 g/mol. The van der Waals surface area contributed by atoms with E-state index in [0.717, 1.165) is 17.9 Å². The Balaban J connectivity index is 2.69. The Kier molecular flexibility index (Phi) is 4.28. The van der Waals surface area contributed by atoms with Gasteiger partial charge in [-0.25, -0.2) is 9.97 Å². The van der Waals surface area contributed by atoms with E-state index in [0.29, 0.717) is 12.0 Å². The summed E-state index contributed by atoms with van der Waals surface area (Å²) in [4.78, 5) is 8.41. The van der Waals surface area contributed by atoms with Gasteiger partial charge in [-0.15, -0.1) is 6.58 Å². The van der Waals surface area contributed by atoms with E-state index in [4.69, 9.17) is 0 Å². The monoisotopic (exact) mass is 205 g/mol. The van der Waals surface area contributed by atoms with Crippen molar-refractivity contribution in [3.05, 3.63) is 30.7 Å². The Bertz CT molecular complexity index is 320. The van der Waals surface area contributed by atoms with Crippen LogP contribution < -0.4 is 5.32 Å². The molecular formula is C12H19N3. The Morgan fingerprint density at radius 1 is 1.40 bits per heavy atom. The van der Waals surface area contributed by atoms with E-state index >= 15 is 0 Å². The van der Waals surface area contributed by atoms with Gasteiger partial charge in [0.05, 0.1) is 0 Å². The molecule has 82 valence electrons. The number of aromatic nitrogens is 2. The lowest BCUT2D eigenvalue weighted by Gasteiger charge is -2.13. The first kappa shape index (κ1) is 11.7. The summed E-state index contributed by atoms with van der Waals surface area (Å²) < 4.78 is 0. The summed E-state index contributed by atoms with van der Waals surface area (Å²) in [5, 5.41) is 3.32. The smallest absolute Gasteiger partial charge is 0.129 e. The lowest BCUT2D eigenvalue weighted by molar-refractivity contribution is 0.789. The zero-order chi connectivity index (χ0) is 11.3. The van der Waals surface area contributed by atoms with Gasteiger partial charge in [-0.2, -0.15) is 0 Å². The highest BCUT2D eigenvalue weighted by molar-refractivity contribution is 5.36. The fourth-order valence-electron chi connectivity index (χ4n) is 1.33. The van der Waals surface area contributed by atoms with Crippen LogP contribution in [0.2, 0.25) is 0 Å². The highest BCUT2D eigenvalue weighted by atomic mass is 15.0. The molecule has 1 heterocycles. The molecule has 0 radical (unpaired) electrons. The zero-order valence-corrected chi connectivity index (χ0v) is 9.70. The number of nitrogens with zero attached hydrogens (tertiary/aromatic N) is 2. The normalized spacial score (nSPS) is 12.5. The van der Waals surface area contributed by atoms with Gasteiger partial charge in [0, 0.05) is 17.8 Å². The predicted octanol–water partition coefficient (Wildman–Crippen LogP) is 2.98. The number of hydrogen-bond donors (Lipinski definition) is 1. The molecule has 0 aliphatic heterocycles. The van der Waals surface area contributed by atoms with E-state index in [-0.39, 0.29) is 0 Å². The third kappa shape index (κ3) is 3.70. The summed E-state index contributed by atoms with van der Waals surface area (Å²) in [6.07, 6.45) is 4.45. The fraction of sp³-hybridized carbons (Fsp3) is 0.500. The molecule has 1 aromatic rings. The maximum Gasteiger partial charge on any atom is 0.129 e. The van der Waals surface area contributed by atoms with Crippen molar-refractivity contribution in [1.29, 1.82) is 0 Å². The van der Waals surface area contributed by atoms with Crippen molar-refractivity contribution < 1.29 is 0 Å². The standard InChI is InChI=1S/C12H19N3/c1-5-6-10(4)15-12-7-11(9(2)3)13-8-14-12/h5,7-10H,1,6H2,2-4H3,(H,13,14,15). The molecule has 1 unspecified atom stereocenters. The van der Waals surface area contributed by atoms with Gasteiger partial charge in [-0.3, -0.25) is 0 Å². The molecule has 1 N–H and O–H groups in total. The number of nitrogens with one attached hydrogen (secondary N) is 1. The molecule has 0 spiro atoms. The molecule has 0 amide bonds. The minimum absolute atomic E-state index is 0.359. The van der Waals surface area contributed by atoms with Gasteiger partial charge >= 0.3 is 0 Å². The summed E-state index contributed by atoms with van der Waals surface area (Å²) in [5.41, 5.74) is 1.07. The van der Waals surface area contributed by atoms with Crippen LogP contribution in [0.4, 0.5) is 5.82 Å². The molecule has 3 heteroatoms. The average molecular weight is 205 g/mol. The quantitative estimate of drug-likeness (QED) is 0.751. The minimum atomic E-state index is 0.359.